The molecular formula is C25H33N5O3. The van der Waals surface area contributed by atoms with Crippen molar-refractivity contribution in [3.05, 3.63) is 59.9 Å². The van der Waals surface area contributed by atoms with Gasteiger partial charge in [0.05, 0.1) is 17.5 Å². The highest BCUT2D eigenvalue weighted by Crippen LogP contribution is 2.26. The SMILES string of the molecule is CC1CN(c2cnc3c(ccn3Cc3ccc(C(=O)NO)cc3)c2)CC(C)N1CC(C)(C)O. The summed E-state index contributed by atoms with van der Waals surface area (Å²) in [4.78, 5) is 21.0. The van der Waals surface area contributed by atoms with E-state index in [1.54, 1.807) is 17.6 Å². The third kappa shape index (κ3) is 5.19. The summed E-state index contributed by atoms with van der Waals surface area (Å²) in [6.07, 6.45) is 3.97. The van der Waals surface area contributed by atoms with Crippen LogP contribution in [0.25, 0.3) is 11.0 Å². The number of pyridine rings is 1. The molecule has 4 rings (SSSR count). The minimum absolute atomic E-state index is 0.330. The van der Waals surface area contributed by atoms with E-state index in [9.17, 15) is 9.90 Å². The zero-order valence-electron chi connectivity index (χ0n) is 19.7. The minimum atomic E-state index is -0.709. The van der Waals surface area contributed by atoms with E-state index >= 15 is 0 Å². The first-order valence-electron chi connectivity index (χ1n) is 11.4. The number of aliphatic hydroxyl groups is 1. The van der Waals surface area contributed by atoms with E-state index in [0.717, 1.165) is 35.4 Å². The molecule has 176 valence electrons. The fourth-order valence-electron chi connectivity index (χ4n) is 4.72. The Balaban J connectivity index is 1.48. The van der Waals surface area contributed by atoms with Crippen molar-refractivity contribution in [1.82, 2.24) is 19.9 Å². The van der Waals surface area contributed by atoms with Gasteiger partial charge in [-0.25, -0.2) is 10.5 Å². The van der Waals surface area contributed by atoms with Crippen LogP contribution in [-0.2, 0) is 6.54 Å². The van der Waals surface area contributed by atoms with Crippen molar-refractivity contribution >= 4 is 22.6 Å². The van der Waals surface area contributed by atoms with Crippen molar-refractivity contribution in [2.24, 2.45) is 0 Å². The summed E-state index contributed by atoms with van der Waals surface area (Å²) in [5.41, 5.74) is 4.42. The second-order valence-corrected chi connectivity index (χ2v) is 9.78. The maximum atomic E-state index is 11.5. The number of benzene rings is 1. The van der Waals surface area contributed by atoms with Crippen LogP contribution in [0.3, 0.4) is 0 Å². The van der Waals surface area contributed by atoms with Crippen LogP contribution in [0.1, 0.15) is 43.6 Å². The number of rotatable bonds is 6. The molecule has 1 amide bonds. The van der Waals surface area contributed by atoms with Gasteiger partial charge in [-0.15, -0.1) is 0 Å². The van der Waals surface area contributed by atoms with Crippen molar-refractivity contribution in [3.63, 3.8) is 0 Å². The fraction of sp³-hybridized carbons (Fsp3) is 0.440. The van der Waals surface area contributed by atoms with Gasteiger partial charge in [0, 0.05) is 55.4 Å². The van der Waals surface area contributed by atoms with Crippen LogP contribution in [0.15, 0.2) is 48.8 Å². The maximum Gasteiger partial charge on any atom is 0.274 e. The van der Waals surface area contributed by atoms with Gasteiger partial charge in [-0.1, -0.05) is 12.1 Å². The van der Waals surface area contributed by atoms with E-state index in [4.69, 9.17) is 10.2 Å². The van der Waals surface area contributed by atoms with Crippen molar-refractivity contribution in [2.45, 2.75) is 51.9 Å². The number of nitrogens with one attached hydrogen (secondary N) is 1. The van der Waals surface area contributed by atoms with E-state index in [2.05, 4.69) is 40.3 Å². The van der Waals surface area contributed by atoms with E-state index in [-0.39, 0.29) is 0 Å². The van der Waals surface area contributed by atoms with Crippen molar-refractivity contribution < 1.29 is 15.1 Å². The molecule has 0 spiro atoms. The predicted octanol–water partition coefficient (Wildman–Crippen LogP) is 2.87. The number of anilines is 1. The van der Waals surface area contributed by atoms with E-state index in [1.807, 2.05) is 38.4 Å². The number of carbonyl (C=O) groups is 1. The van der Waals surface area contributed by atoms with Crippen LogP contribution >= 0.6 is 0 Å². The summed E-state index contributed by atoms with van der Waals surface area (Å²) in [6.45, 7) is 11.2. The minimum Gasteiger partial charge on any atom is -0.389 e. The van der Waals surface area contributed by atoms with Crippen molar-refractivity contribution in [2.75, 3.05) is 24.5 Å². The second kappa shape index (κ2) is 9.13. The van der Waals surface area contributed by atoms with E-state index in [1.165, 1.54) is 0 Å². The summed E-state index contributed by atoms with van der Waals surface area (Å²) in [6, 6.07) is 12.1. The van der Waals surface area contributed by atoms with Crippen molar-refractivity contribution in [3.8, 4) is 0 Å². The molecule has 1 saturated heterocycles. The first kappa shape index (κ1) is 23.2. The molecule has 2 unspecified atom stereocenters. The Morgan fingerprint density at radius 2 is 1.82 bits per heavy atom. The van der Waals surface area contributed by atoms with Gasteiger partial charge in [0.1, 0.15) is 5.65 Å². The van der Waals surface area contributed by atoms with Gasteiger partial charge in [-0.3, -0.25) is 14.9 Å². The standard InChI is InChI=1S/C25H33N5O3/c1-17-13-29(14-18(2)30(17)16-25(3,4)32)22-11-21-9-10-28(23(21)26-12-22)15-19-5-7-20(8-6-19)24(31)27-33/h5-12,17-18,32-33H,13-16H2,1-4H3,(H,27,31). The first-order chi connectivity index (χ1) is 15.6. The Labute approximate surface area is 194 Å². The van der Waals surface area contributed by atoms with Crippen LogP contribution in [0.5, 0.6) is 0 Å². The summed E-state index contributed by atoms with van der Waals surface area (Å²) in [5, 5.41) is 20.1. The average molecular weight is 452 g/mol. The molecule has 3 aromatic rings. The summed E-state index contributed by atoms with van der Waals surface area (Å²) in [7, 11) is 0. The molecule has 1 aromatic carbocycles. The lowest BCUT2D eigenvalue weighted by molar-refractivity contribution is 0.00247. The second-order valence-electron chi connectivity index (χ2n) is 9.78. The lowest BCUT2D eigenvalue weighted by Crippen LogP contribution is -2.59. The van der Waals surface area contributed by atoms with Gasteiger partial charge in [0.25, 0.3) is 5.91 Å². The molecule has 0 bridgehead atoms. The Kier molecular flexibility index (Phi) is 6.43. The lowest BCUT2D eigenvalue weighted by Gasteiger charge is -2.47. The van der Waals surface area contributed by atoms with Crippen LogP contribution in [0.4, 0.5) is 5.69 Å². The van der Waals surface area contributed by atoms with Crippen LogP contribution < -0.4 is 10.4 Å². The molecule has 8 nitrogen and oxygen atoms in total. The monoisotopic (exact) mass is 451 g/mol. The quantitative estimate of drug-likeness (QED) is 0.394. The number of amides is 1. The number of fused-ring (bicyclic) bond motifs is 1. The van der Waals surface area contributed by atoms with Gasteiger partial charge in [0.2, 0.25) is 0 Å². The molecule has 3 heterocycles. The Morgan fingerprint density at radius 3 is 2.42 bits per heavy atom. The number of nitrogens with zero attached hydrogens (tertiary/aromatic N) is 4. The molecule has 3 N–H and O–H groups in total. The summed E-state index contributed by atoms with van der Waals surface area (Å²) >= 11 is 0. The van der Waals surface area contributed by atoms with Gasteiger partial charge in [-0.2, -0.15) is 0 Å². The van der Waals surface area contributed by atoms with Gasteiger partial charge >= 0.3 is 0 Å². The molecule has 0 saturated carbocycles. The number of hydrogen-bond donors (Lipinski definition) is 3. The molecule has 33 heavy (non-hydrogen) atoms. The van der Waals surface area contributed by atoms with Gasteiger partial charge in [-0.05, 0) is 57.5 Å². The largest absolute Gasteiger partial charge is 0.389 e. The van der Waals surface area contributed by atoms with E-state index in [0.29, 0.717) is 30.7 Å². The van der Waals surface area contributed by atoms with Gasteiger partial charge < -0.3 is 14.6 Å². The third-order valence-corrected chi connectivity index (χ3v) is 6.29. The lowest BCUT2D eigenvalue weighted by atomic mass is 10.0. The highest BCUT2D eigenvalue weighted by atomic mass is 16.5. The van der Waals surface area contributed by atoms with Gasteiger partial charge in [0.15, 0.2) is 0 Å². The Hall–Kier alpha value is -2.94. The molecular weight excluding hydrogens is 418 g/mol. The first-order valence-corrected chi connectivity index (χ1v) is 11.4. The molecule has 2 atom stereocenters. The van der Waals surface area contributed by atoms with Crippen LogP contribution in [0, 0.1) is 0 Å². The number of aromatic nitrogens is 2. The number of carbonyl (C=O) groups excluding carboxylic acids is 1. The molecule has 8 heteroatoms. The third-order valence-electron chi connectivity index (χ3n) is 6.29. The number of piperazine rings is 1. The molecule has 0 radical (unpaired) electrons. The highest BCUT2D eigenvalue weighted by Gasteiger charge is 2.32. The topological polar surface area (TPSA) is 93.9 Å². The van der Waals surface area contributed by atoms with Crippen LogP contribution in [0.2, 0.25) is 0 Å². The zero-order chi connectivity index (χ0) is 23.8. The number of β-amino-alcohol motifs (C(OH)–C–C–N with tert-alkyl or cyclic N) is 1. The zero-order valence-corrected chi connectivity index (χ0v) is 19.7. The smallest absolute Gasteiger partial charge is 0.274 e. The van der Waals surface area contributed by atoms with Crippen molar-refractivity contribution in [1.29, 1.82) is 0 Å². The summed E-state index contributed by atoms with van der Waals surface area (Å²) in [5.74, 6) is -0.522. The Bertz CT molecular complexity index is 1110. The van der Waals surface area contributed by atoms with Crippen LogP contribution in [-0.4, -0.2) is 68.0 Å². The molecule has 0 aliphatic carbocycles. The fourth-order valence-corrected chi connectivity index (χ4v) is 4.72. The number of hydroxylamine groups is 1. The average Bonchev–Trinajstić information content (AvgIpc) is 3.17. The predicted molar refractivity (Wildman–Crippen MR) is 129 cm³/mol. The summed E-state index contributed by atoms with van der Waals surface area (Å²) < 4.78 is 2.09. The Morgan fingerprint density at radius 1 is 1.15 bits per heavy atom. The molecule has 1 fully saturated rings. The molecule has 2 aromatic heterocycles. The normalized spacial score (nSPS) is 19.8. The highest BCUT2D eigenvalue weighted by molar-refractivity contribution is 5.93. The maximum absolute atomic E-state index is 11.5. The number of hydrogen-bond acceptors (Lipinski definition) is 6. The molecule has 1 aliphatic heterocycles. The molecule has 1 aliphatic rings. The van der Waals surface area contributed by atoms with E-state index < -0.39 is 11.5 Å².